The molecule has 6 nitrogen and oxygen atoms in total. The van der Waals surface area contributed by atoms with E-state index >= 15 is 0 Å². The molecule has 0 fully saturated rings. The van der Waals surface area contributed by atoms with Crippen LogP contribution in [0.1, 0.15) is 0 Å². The highest BCUT2D eigenvalue weighted by molar-refractivity contribution is 6.11. The van der Waals surface area contributed by atoms with Crippen LogP contribution >= 0.6 is 0 Å². The van der Waals surface area contributed by atoms with Crippen molar-refractivity contribution in [3.05, 3.63) is 116 Å². The van der Waals surface area contributed by atoms with E-state index in [1.165, 1.54) is 5.39 Å². The molecular formula is C31H19N5O. The average Bonchev–Trinajstić information content (AvgIpc) is 3.57. The molecule has 0 saturated heterocycles. The van der Waals surface area contributed by atoms with Gasteiger partial charge in [-0.2, -0.15) is 0 Å². The molecule has 8 aromatic rings. The molecule has 0 amide bonds. The molecule has 0 bridgehead atoms. The minimum absolute atomic E-state index is 0.545. The molecule has 6 heterocycles. The summed E-state index contributed by atoms with van der Waals surface area (Å²) < 4.78 is 10.7. The number of benzene rings is 2. The average molecular weight is 478 g/mol. The molecule has 0 saturated carbocycles. The van der Waals surface area contributed by atoms with E-state index in [1.807, 2.05) is 67.3 Å². The third-order valence-corrected chi connectivity index (χ3v) is 6.96. The fraction of sp³-hybridized carbons (Fsp3) is 0. The Bertz CT molecular complexity index is 2130. The topological polar surface area (TPSA) is 57.2 Å². The molecule has 0 atom stereocenters. The minimum atomic E-state index is 0.545. The van der Waals surface area contributed by atoms with E-state index in [1.54, 1.807) is 0 Å². The number of ether oxygens (including phenoxy) is 1. The van der Waals surface area contributed by atoms with Gasteiger partial charge in [-0.15, -0.1) is 0 Å². The first kappa shape index (κ1) is 20.0. The van der Waals surface area contributed by atoms with Crippen LogP contribution in [0.3, 0.4) is 0 Å². The predicted octanol–water partition coefficient (Wildman–Crippen LogP) is 7.32. The van der Waals surface area contributed by atoms with Crippen LogP contribution in [0.4, 0.5) is 0 Å². The van der Waals surface area contributed by atoms with Crippen molar-refractivity contribution < 1.29 is 4.74 Å². The zero-order valence-corrected chi connectivity index (χ0v) is 19.6. The first-order valence-electron chi connectivity index (χ1n) is 12.1. The fourth-order valence-electron chi connectivity index (χ4n) is 5.37. The van der Waals surface area contributed by atoms with E-state index in [9.17, 15) is 0 Å². The molecule has 0 radical (unpaired) electrons. The van der Waals surface area contributed by atoms with Gasteiger partial charge >= 0.3 is 0 Å². The number of aromatic nitrogens is 5. The highest BCUT2D eigenvalue weighted by Gasteiger charge is 2.15. The molecule has 0 N–H and O–H groups in total. The second-order valence-corrected chi connectivity index (χ2v) is 9.02. The first-order chi connectivity index (χ1) is 18.3. The molecule has 0 aliphatic heterocycles. The van der Waals surface area contributed by atoms with Gasteiger partial charge in [0, 0.05) is 52.3 Å². The molecule has 0 unspecified atom stereocenters. The number of nitrogens with zero attached hydrogens (tertiary/aromatic N) is 5. The van der Waals surface area contributed by atoms with Gasteiger partial charge in [-0.3, -0.25) is 9.55 Å². The lowest BCUT2D eigenvalue weighted by atomic mass is 10.1. The molecule has 8 rings (SSSR count). The van der Waals surface area contributed by atoms with Crippen molar-refractivity contribution in [2.24, 2.45) is 0 Å². The Morgan fingerprint density at radius 3 is 2.41 bits per heavy atom. The maximum absolute atomic E-state index is 6.35. The van der Waals surface area contributed by atoms with Crippen molar-refractivity contribution in [1.82, 2.24) is 23.9 Å². The Labute approximate surface area is 211 Å². The summed E-state index contributed by atoms with van der Waals surface area (Å²) in [5.41, 5.74) is 5.11. The number of hydrogen-bond donors (Lipinski definition) is 0. The Morgan fingerprint density at radius 2 is 1.46 bits per heavy atom. The molecular weight excluding hydrogens is 458 g/mol. The van der Waals surface area contributed by atoms with Crippen LogP contribution in [-0.4, -0.2) is 23.9 Å². The van der Waals surface area contributed by atoms with Crippen molar-refractivity contribution in [1.29, 1.82) is 0 Å². The Balaban J connectivity index is 1.30. The highest BCUT2D eigenvalue weighted by Crippen LogP contribution is 2.35. The monoisotopic (exact) mass is 477 g/mol. The minimum Gasteiger partial charge on any atom is -0.439 e. The smallest absolute Gasteiger partial charge is 0.219 e. The lowest BCUT2D eigenvalue weighted by Crippen LogP contribution is -1.97. The van der Waals surface area contributed by atoms with E-state index < -0.39 is 0 Å². The number of rotatable bonds is 3. The molecule has 174 valence electrons. The highest BCUT2D eigenvalue weighted by atomic mass is 16.5. The zero-order valence-electron chi connectivity index (χ0n) is 19.6. The number of pyridine rings is 4. The second-order valence-electron chi connectivity index (χ2n) is 9.02. The maximum Gasteiger partial charge on any atom is 0.219 e. The van der Waals surface area contributed by atoms with Gasteiger partial charge in [-0.1, -0.05) is 24.3 Å². The van der Waals surface area contributed by atoms with E-state index in [2.05, 4.69) is 67.5 Å². The van der Waals surface area contributed by atoms with Gasteiger partial charge in [0.15, 0.2) is 0 Å². The van der Waals surface area contributed by atoms with Gasteiger partial charge in [-0.05, 0) is 54.6 Å². The van der Waals surface area contributed by atoms with Crippen molar-refractivity contribution in [2.75, 3.05) is 0 Å². The summed E-state index contributed by atoms with van der Waals surface area (Å²) in [5.74, 6) is 2.13. The van der Waals surface area contributed by atoms with Gasteiger partial charge in [0.2, 0.25) is 5.88 Å². The van der Waals surface area contributed by atoms with Crippen LogP contribution in [0.2, 0.25) is 0 Å². The zero-order chi connectivity index (χ0) is 24.3. The number of hydrogen-bond acceptors (Lipinski definition) is 4. The molecule has 0 aliphatic carbocycles. The third-order valence-electron chi connectivity index (χ3n) is 6.96. The van der Waals surface area contributed by atoms with E-state index in [0.717, 1.165) is 55.3 Å². The van der Waals surface area contributed by atoms with Crippen LogP contribution in [0.5, 0.6) is 11.6 Å². The first-order valence-corrected chi connectivity index (χ1v) is 12.1. The Kier molecular flexibility index (Phi) is 4.13. The summed E-state index contributed by atoms with van der Waals surface area (Å²) in [6, 6.07) is 30.7. The molecule has 0 aliphatic rings. The fourth-order valence-corrected chi connectivity index (χ4v) is 5.37. The summed E-state index contributed by atoms with van der Waals surface area (Å²) in [6.45, 7) is 0. The third kappa shape index (κ3) is 2.96. The Hall–Kier alpha value is -5.23. The lowest BCUT2D eigenvalue weighted by molar-refractivity contribution is 0.466. The molecule has 6 heteroatoms. The standard InChI is InChI=1S/C31H19N5O/c1-2-7-25-21(6-1)22-11-10-20(18-27(22)36(25)29-9-3-4-15-33-29)37-30-13-12-24-23-14-16-32-19-28(23)35-17-5-8-26(35)31(24)34-30/h1-19H. The molecule has 37 heavy (non-hydrogen) atoms. The van der Waals surface area contributed by atoms with Crippen molar-refractivity contribution >= 4 is 49.1 Å². The van der Waals surface area contributed by atoms with Gasteiger partial charge in [0.25, 0.3) is 0 Å². The van der Waals surface area contributed by atoms with Crippen LogP contribution in [0.15, 0.2) is 116 Å². The summed E-state index contributed by atoms with van der Waals surface area (Å²) in [4.78, 5) is 13.9. The van der Waals surface area contributed by atoms with Gasteiger partial charge in [0.1, 0.15) is 11.6 Å². The SMILES string of the molecule is c1ccc(-n2c3ccccc3c3ccc(Oc4ccc5c6ccncc6n6cccc6c5n4)cc32)nc1. The normalized spacial score (nSPS) is 11.8. The maximum atomic E-state index is 6.35. The second kappa shape index (κ2) is 7.63. The van der Waals surface area contributed by atoms with Crippen LogP contribution in [0, 0.1) is 0 Å². The van der Waals surface area contributed by atoms with E-state index in [4.69, 9.17) is 9.72 Å². The van der Waals surface area contributed by atoms with Crippen LogP contribution in [0.25, 0.3) is 54.9 Å². The lowest BCUT2D eigenvalue weighted by Gasteiger charge is -2.11. The number of fused-ring (bicyclic) bond motifs is 9. The van der Waals surface area contributed by atoms with E-state index in [-0.39, 0.29) is 0 Å². The van der Waals surface area contributed by atoms with Gasteiger partial charge in [-0.25, -0.2) is 9.97 Å². The van der Waals surface area contributed by atoms with Gasteiger partial charge < -0.3 is 9.14 Å². The summed E-state index contributed by atoms with van der Waals surface area (Å²) in [6.07, 6.45) is 7.56. The summed E-state index contributed by atoms with van der Waals surface area (Å²) >= 11 is 0. The summed E-state index contributed by atoms with van der Waals surface area (Å²) in [7, 11) is 0. The predicted molar refractivity (Wildman–Crippen MR) is 147 cm³/mol. The number of para-hydroxylation sites is 1. The van der Waals surface area contributed by atoms with Crippen LogP contribution in [-0.2, 0) is 0 Å². The van der Waals surface area contributed by atoms with E-state index in [0.29, 0.717) is 5.88 Å². The largest absolute Gasteiger partial charge is 0.439 e. The molecule has 2 aromatic carbocycles. The molecule has 0 spiro atoms. The van der Waals surface area contributed by atoms with Crippen molar-refractivity contribution in [3.8, 4) is 17.4 Å². The quantitative estimate of drug-likeness (QED) is 0.250. The van der Waals surface area contributed by atoms with Crippen molar-refractivity contribution in [2.45, 2.75) is 0 Å². The summed E-state index contributed by atoms with van der Waals surface area (Å²) in [5, 5.41) is 4.50. The molecule has 6 aromatic heterocycles. The van der Waals surface area contributed by atoms with Gasteiger partial charge in [0.05, 0.1) is 33.8 Å². The Morgan fingerprint density at radius 1 is 0.622 bits per heavy atom. The van der Waals surface area contributed by atoms with Crippen molar-refractivity contribution in [3.63, 3.8) is 0 Å². The van der Waals surface area contributed by atoms with Crippen LogP contribution < -0.4 is 4.74 Å².